The van der Waals surface area contributed by atoms with Gasteiger partial charge < -0.3 is 16.4 Å². The summed E-state index contributed by atoms with van der Waals surface area (Å²) in [6, 6.07) is 13.0. The van der Waals surface area contributed by atoms with E-state index < -0.39 is 35.6 Å². The molecule has 0 saturated heterocycles. The van der Waals surface area contributed by atoms with Gasteiger partial charge in [-0.3, -0.25) is 14.4 Å². The topological polar surface area (TPSA) is 101 Å². The summed E-state index contributed by atoms with van der Waals surface area (Å²) < 4.78 is 13.4. The van der Waals surface area contributed by atoms with E-state index >= 15 is 0 Å². The highest BCUT2D eigenvalue weighted by Crippen LogP contribution is 2.08. The van der Waals surface area contributed by atoms with Gasteiger partial charge in [-0.05, 0) is 23.3 Å². The fourth-order valence-corrected chi connectivity index (χ4v) is 2.70. The molecule has 0 aromatic heterocycles. The quantitative estimate of drug-likeness (QED) is 0.647. The molecule has 0 aliphatic carbocycles. The fourth-order valence-electron chi connectivity index (χ4n) is 2.70. The van der Waals surface area contributed by atoms with Crippen LogP contribution in [0.4, 0.5) is 4.39 Å². The summed E-state index contributed by atoms with van der Waals surface area (Å²) in [5.74, 6) is -2.09. The molecule has 0 radical (unpaired) electrons. The Morgan fingerprint density at radius 1 is 0.926 bits per heavy atom. The number of benzene rings is 2. The minimum absolute atomic E-state index is 0.0833. The summed E-state index contributed by atoms with van der Waals surface area (Å²) in [5.41, 5.74) is 6.80. The third kappa shape index (κ3) is 6.54. The van der Waals surface area contributed by atoms with Gasteiger partial charge in [-0.25, -0.2) is 4.39 Å². The van der Waals surface area contributed by atoms with Crippen LogP contribution in [0.2, 0.25) is 0 Å². The lowest BCUT2D eigenvalue weighted by Gasteiger charge is -2.22. The van der Waals surface area contributed by atoms with Crippen LogP contribution >= 0.6 is 0 Å². The normalized spacial score (nSPS) is 12.7. The van der Waals surface area contributed by atoms with Crippen molar-refractivity contribution in [3.63, 3.8) is 0 Å². The molecule has 0 heterocycles. The van der Waals surface area contributed by atoms with Crippen LogP contribution in [0.15, 0.2) is 54.6 Å². The average molecular weight is 371 g/mol. The minimum atomic E-state index is -0.957. The van der Waals surface area contributed by atoms with Crippen LogP contribution < -0.4 is 16.4 Å². The van der Waals surface area contributed by atoms with Gasteiger partial charge >= 0.3 is 0 Å². The Morgan fingerprint density at radius 3 is 2.15 bits per heavy atom. The molecule has 0 saturated carbocycles. The summed E-state index contributed by atoms with van der Waals surface area (Å²) in [6.45, 7) is 1.28. The van der Waals surface area contributed by atoms with Crippen LogP contribution in [0, 0.1) is 5.82 Å². The molecule has 0 aliphatic rings. The molecular formula is C20H22FN3O3. The Labute approximate surface area is 156 Å². The second kappa shape index (κ2) is 9.47. The monoisotopic (exact) mass is 371 g/mol. The summed E-state index contributed by atoms with van der Waals surface area (Å²) in [4.78, 5) is 35.9. The van der Waals surface area contributed by atoms with E-state index in [9.17, 15) is 18.8 Å². The maximum absolute atomic E-state index is 13.4. The van der Waals surface area contributed by atoms with Crippen LogP contribution in [0.3, 0.4) is 0 Å². The molecule has 0 unspecified atom stereocenters. The number of halogens is 1. The number of amides is 3. The van der Waals surface area contributed by atoms with E-state index in [2.05, 4.69) is 10.6 Å². The Morgan fingerprint density at radius 2 is 1.56 bits per heavy atom. The highest BCUT2D eigenvalue weighted by Gasteiger charge is 2.25. The van der Waals surface area contributed by atoms with E-state index in [4.69, 9.17) is 5.73 Å². The van der Waals surface area contributed by atoms with Crippen molar-refractivity contribution in [2.45, 2.75) is 31.8 Å². The minimum Gasteiger partial charge on any atom is -0.368 e. The van der Waals surface area contributed by atoms with E-state index in [-0.39, 0.29) is 12.8 Å². The van der Waals surface area contributed by atoms with Gasteiger partial charge in [0.2, 0.25) is 17.7 Å². The standard InChI is InChI=1S/C20H22FN3O3/c1-13(25)23-18(12-15-8-5-9-16(21)10-15)20(27)24-17(19(22)26)11-14-6-3-2-4-7-14/h2-10,17-18H,11-12H2,1H3,(H2,22,26)(H,23,25)(H,24,27)/t17-,18+/m0/s1. The zero-order valence-electron chi connectivity index (χ0n) is 14.9. The maximum atomic E-state index is 13.4. The van der Waals surface area contributed by atoms with Crippen LogP contribution in [0.25, 0.3) is 0 Å². The lowest BCUT2D eigenvalue weighted by Crippen LogP contribution is -2.54. The lowest BCUT2D eigenvalue weighted by atomic mass is 10.0. The van der Waals surface area contributed by atoms with Gasteiger partial charge in [0.05, 0.1) is 0 Å². The first kappa shape index (κ1) is 20.1. The molecular weight excluding hydrogens is 349 g/mol. The molecule has 0 aliphatic heterocycles. The first-order valence-electron chi connectivity index (χ1n) is 8.50. The van der Waals surface area contributed by atoms with Gasteiger partial charge in [0, 0.05) is 19.8 Å². The van der Waals surface area contributed by atoms with E-state index in [1.807, 2.05) is 30.3 Å². The first-order valence-corrected chi connectivity index (χ1v) is 8.50. The van der Waals surface area contributed by atoms with Crippen molar-refractivity contribution in [1.29, 1.82) is 0 Å². The molecule has 2 atom stereocenters. The van der Waals surface area contributed by atoms with E-state index in [0.717, 1.165) is 5.56 Å². The van der Waals surface area contributed by atoms with Crippen LogP contribution in [0.5, 0.6) is 0 Å². The number of rotatable bonds is 8. The Kier molecular flexibility index (Phi) is 7.05. The average Bonchev–Trinajstić information content (AvgIpc) is 2.61. The lowest BCUT2D eigenvalue weighted by molar-refractivity contribution is -0.130. The zero-order valence-corrected chi connectivity index (χ0v) is 14.9. The van der Waals surface area contributed by atoms with Gasteiger partial charge in [0.1, 0.15) is 17.9 Å². The summed E-state index contributed by atoms with van der Waals surface area (Å²) in [6.07, 6.45) is 0.314. The molecule has 3 amide bonds. The van der Waals surface area contributed by atoms with Gasteiger partial charge in [0.15, 0.2) is 0 Å². The SMILES string of the molecule is CC(=O)N[C@H](Cc1cccc(F)c1)C(=O)N[C@@H](Cc1ccccc1)C(N)=O. The van der Waals surface area contributed by atoms with Crippen molar-refractivity contribution in [1.82, 2.24) is 10.6 Å². The first-order chi connectivity index (χ1) is 12.8. The number of hydrogen-bond acceptors (Lipinski definition) is 3. The predicted octanol–water partition coefficient (Wildman–Crippen LogP) is 1.09. The van der Waals surface area contributed by atoms with E-state index in [1.54, 1.807) is 6.07 Å². The van der Waals surface area contributed by atoms with E-state index in [1.165, 1.54) is 25.1 Å². The highest BCUT2D eigenvalue weighted by atomic mass is 19.1. The van der Waals surface area contributed by atoms with Crippen LogP contribution in [-0.4, -0.2) is 29.8 Å². The second-order valence-corrected chi connectivity index (χ2v) is 6.24. The number of primary amides is 1. The van der Waals surface area contributed by atoms with Crippen LogP contribution in [-0.2, 0) is 27.2 Å². The largest absolute Gasteiger partial charge is 0.368 e. The summed E-state index contributed by atoms with van der Waals surface area (Å²) >= 11 is 0. The zero-order chi connectivity index (χ0) is 19.8. The van der Waals surface area contributed by atoms with Crippen molar-refractivity contribution in [2.24, 2.45) is 5.73 Å². The number of nitrogens with two attached hydrogens (primary N) is 1. The molecule has 142 valence electrons. The van der Waals surface area contributed by atoms with Crippen molar-refractivity contribution in [3.05, 3.63) is 71.5 Å². The van der Waals surface area contributed by atoms with Crippen molar-refractivity contribution in [2.75, 3.05) is 0 Å². The Bertz CT molecular complexity index is 811. The molecule has 4 N–H and O–H groups in total. The van der Waals surface area contributed by atoms with E-state index in [0.29, 0.717) is 5.56 Å². The maximum Gasteiger partial charge on any atom is 0.243 e. The number of carbonyl (C=O) groups excluding carboxylic acids is 3. The van der Waals surface area contributed by atoms with Gasteiger partial charge in [-0.2, -0.15) is 0 Å². The van der Waals surface area contributed by atoms with Crippen LogP contribution in [0.1, 0.15) is 18.1 Å². The molecule has 2 aromatic carbocycles. The molecule has 27 heavy (non-hydrogen) atoms. The third-order valence-corrected chi connectivity index (χ3v) is 3.97. The van der Waals surface area contributed by atoms with Crippen molar-refractivity contribution in [3.8, 4) is 0 Å². The van der Waals surface area contributed by atoms with Gasteiger partial charge in [-0.15, -0.1) is 0 Å². The number of hydrogen-bond donors (Lipinski definition) is 3. The third-order valence-electron chi connectivity index (χ3n) is 3.97. The highest BCUT2D eigenvalue weighted by molar-refractivity contribution is 5.91. The van der Waals surface area contributed by atoms with Crippen molar-refractivity contribution >= 4 is 17.7 Å². The molecule has 2 rings (SSSR count). The molecule has 6 nitrogen and oxygen atoms in total. The fraction of sp³-hybridized carbons (Fsp3) is 0.250. The molecule has 7 heteroatoms. The molecule has 0 fully saturated rings. The Hall–Kier alpha value is -3.22. The van der Waals surface area contributed by atoms with Crippen molar-refractivity contribution < 1.29 is 18.8 Å². The predicted molar refractivity (Wildman–Crippen MR) is 99.0 cm³/mol. The number of carbonyl (C=O) groups is 3. The summed E-state index contributed by atoms with van der Waals surface area (Å²) in [5, 5.41) is 5.11. The van der Waals surface area contributed by atoms with Gasteiger partial charge in [0.25, 0.3) is 0 Å². The number of nitrogens with one attached hydrogen (secondary N) is 2. The molecule has 0 bridgehead atoms. The molecule has 0 spiro atoms. The molecule has 2 aromatic rings. The van der Waals surface area contributed by atoms with Gasteiger partial charge in [-0.1, -0.05) is 42.5 Å². The smallest absolute Gasteiger partial charge is 0.243 e. The Balaban J connectivity index is 2.12. The summed E-state index contributed by atoms with van der Waals surface area (Å²) in [7, 11) is 0. The second-order valence-electron chi connectivity index (χ2n) is 6.24.